The summed E-state index contributed by atoms with van der Waals surface area (Å²) in [5.74, 6) is 0.593. The fraction of sp³-hybridized carbons (Fsp3) is 0.250. The van der Waals surface area contributed by atoms with Crippen molar-refractivity contribution in [2.45, 2.75) is 25.7 Å². The molecule has 1 fully saturated rings. The molecule has 3 aromatic rings. The number of nitrogens with one attached hydrogen (secondary N) is 2. The van der Waals surface area contributed by atoms with Crippen LogP contribution in [0.4, 0.5) is 11.4 Å². The van der Waals surface area contributed by atoms with E-state index in [1.807, 2.05) is 61.5 Å². The Labute approximate surface area is 170 Å². The Hall–Kier alpha value is -3.34. The second-order valence-corrected chi connectivity index (χ2v) is 7.53. The molecule has 0 aromatic heterocycles. The lowest BCUT2D eigenvalue weighted by molar-refractivity contribution is -0.118. The van der Waals surface area contributed by atoms with Crippen LogP contribution in [-0.2, 0) is 9.59 Å². The normalized spacial score (nSPS) is 14.3. The van der Waals surface area contributed by atoms with Gasteiger partial charge in [-0.1, -0.05) is 30.3 Å². The number of hydrogen-bond donors (Lipinski definition) is 2. The lowest BCUT2D eigenvalue weighted by Gasteiger charge is -2.14. The molecule has 3 aromatic carbocycles. The smallest absolute Gasteiger partial charge is 0.231 e. The van der Waals surface area contributed by atoms with Crippen molar-refractivity contribution in [2.24, 2.45) is 5.92 Å². The number of ether oxygens (including phenoxy) is 1. The van der Waals surface area contributed by atoms with Crippen LogP contribution in [0.25, 0.3) is 10.8 Å². The van der Waals surface area contributed by atoms with E-state index >= 15 is 0 Å². The molecule has 0 aliphatic heterocycles. The highest BCUT2D eigenvalue weighted by atomic mass is 16.5. The molecule has 1 aliphatic carbocycles. The Morgan fingerprint density at radius 2 is 1.62 bits per heavy atom. The van der Waals surface area contributed by atoms with Gasteiger partial charge in [0, 0.05) is 17.3 Å². The van der Waals surface area contributed by atoms with Crippen molar-refractivity contribution in [3.63, 3.8) is 0 Å². The van der Waals surface area contributed by atoms with Crippen LogP contribution in [0.3, 0.4) is 0 Å². The number of anilines is 2. The molecule has 148 valence electrons. The van der Waals surface area contributed by atoms with Gasteiger partial charge in [0.1, 0.15) is 5.75 Å². The van der Waals surface area contributed by atoms with E-state index in [0.29, 0.717) is 11.4 Å². The van der Waals surface area contributed by atoms with Crippen molar-refractivity contribution >= 4 is 34.0 Å². The van der Waals surface area contributed by atoms with E-state index < -0.39 is 0 Å². The highest BCUT2D eigenvalue weighted by molar-refractivity contribution is 5.98. The quantitative estimate of drug-likeness (QED) is 0.629. The Kier molecular flexibility index (Phi) is 5.21. The SMILES string of the molecule is COc1ccc2cc([C@H](C)C(=O)Nc3cccc(NC(=O)C4CC4)c3)ccc2c1. The molecule has 0 heterocycles. The Morgan fingerprint density at radius 1 is 0.931 bits per heavy atom. The van der Waals surface area contributed by atoms with Gasteiger partial charge in [0.05, 0.1) is 13.0 Å². The van der Waals surface area contributed by atoms with Crippen LogP contribution < -0.4 is 15.4 Å². The van der Waals surface area contributed by atoms with Crippen LogP contribution in [0.15, 0.2) is 60.7 Å². The van der Waals surface area contributed by atoms with E-state index in [1.54, 1.807) is 13.2 Å². The Morgan fingerprint density at radius 3 is 2.34 bits per heavy atom. The molecule has 2 amide bonds. The van der Waals surface area contributed by atoms with E-state index in [-0.39, 0.29) is 23.7 Å². The summed E-state index contributed by atoms with van der Waals surface area (Å²) in [6.07, 6.45) is 1.91. The predicted molar refractivity (Wildman–Crippen MR) is 115 cm³/mol. The zero-order valence-corrected chi connectivity index (χ0v) is 16.6. The van der Waals surface area contributed by atoms with Gasteiger partial charge in [-0.2, -0.15) is 0 Å². The van der Waals surface area contributed by atoms with E-state index in [4.69, 9.17) is 4.74 Å². The van der Waals surface area contributed by atoms with Gasteiger partial charge >= 0.3 is 0 Å². The molecule has 0 unspecified atom stereocenters. The molecule has 0 bridgehead atoms. The van der Waals surface area contributed by atoms with Gasteiger partial charge in [-0.25, -0.2) is 0 Å². The molecule has 1 saturated carbocycles. The molecule has 0 spiro atoms. The lowest BCUT2D eigenvalue weighted by atomic mass is 9.97. The number of carbonyl (C=O) groups is 2. The molecule has 5 heteroatoms. The van der Waals surface area contributed by atoms with Crippen LogP contribution in [-0.4, -0.2) is 18.9 Å². The van der Waals surface area contributed by atoms with Gasteiger partial charge in [-0.15, -0.1) is 0 Å². The number of rotatable bonds is 6. The number of benzene rings is 3. The van der Waals surface area contributed by atoms with Crippen LogP contribution in [0.2, 0.25) is 0 Å². The second kappa shape index (κ2) is 7.95. The number of hydrogen-bond acceptors (Lipinski definition) is 3. The summed E-state index contributed by atoms with van der Waals surface area (Å²) in [6, 6.07) is 19.2. The average Bonchev–Trinajstić information content (AvgIpc) is 3.58. The highest BCUT2D eigenvalue weighted by Gasteiger charge is 2.29. The van der Waals surface area contributed by atoms with Gasteiger partial charge in [-0.05, 0) is 66.4 Å². The van der Waals surface area contributed by atoms with Crippen molar-refractivity contribution in [1.29, 1.82) is 0 Å². The molecule has 1 aliphatic rings. The first-order chi connectivity index (χ1) is 14.0. The first kappa shape index (κ1) is 19.0. The van der Waals surface area contributed by atoms with E-state index in [0.717, 1.165) is 34.9 Å². The molecular weight excluding hydrogens is 364 g/mol. The molecule has 1 atom stereocenters. The van der Waals surface area contributed by atoms with Gasteiger partial charge in [-0.3, -0.25) is 9.59 Å². The van der Waals surface area contributed by atoms with Crippen LogP contribution >= 0.6 is 0 Å². The summed E-state index contributed by atoms with van der Waals surface area (Å²) in [6.45, 7) is 1.89. The maximum atomic E-state index is 12.8. The average molecular weight is 388 g/mol. The maximum absolute atomic E-state index is 12.8. The minimum Gasteiger partial charge on any atom is -0.497 e. The molecule has 29 heavy (non-hydrogen) atoms. The molecule has 5 nitrogen and oxygen atoms in total. The van der Waals surface area contributed by atoms with E-state index in [1.165, 1.54) is 0 Å². The van der Waals surface area contributed by atoms with Crippen molar-refractivity contribution in [3.05, 3.63) is 66.2 Å². The van der Waals surface area contributed by atoms with E-state index in [2.05, 4.69) is 10.6 Å². The molecule has 0 radical (unpaired) electrons. The van der Waals surface area contributed by atoms with Crippen LogP contribution in [0.5, 0.6) is 5.75 Å². The van der Waals surface area contributed by atoms with Crippen molar-refractivity contribution in [3.8, 4) is 5.75 Å². The fourth-order valence-corrected chi connectivity index (χ4v) is 3.31. The van der Waals surface area contributed by atoms with Gasteiger partial charge in [0.15, 0.2) is 0 Å². The van der Waals surface area contributed by atoms with E-state index in [9.17, 15) is 9.59 Å². The Balaban J connectivity index is 1.46. The molecule has 2 N–H and O–H groups in total. The third kappa shape index (κ3) is 4.40. The van der Waals surface area contributed by atoms with Gasteiger partial charge in [0.2, 0.25) is 11.8 Å². The zero-order chi connectivity index (χ0) is 20.4. The predicted octanol–water partition coefficient (Wildman–Crippen LogP) is 4.94. The third-order valence-electron chi connectivity index (χ3n) is 5.31. The van der Waals surface area contributed by atoms with Crippen molar-refractivity contribution in [1.82, 2.24) is 0 Å². The number of fused-ring (bicyclic) bond motifs is 1. The zero-order valence-electron chi connectivity index (χ0n) is 16.6. The minimum absolute atomic E-state index is 0.0506. The summed E-state index contributed by atoms with van der Waals surface area (Å²) < 4.78 is 5.26. The standard InChI is InChI=1S/C24H24N2O3/c1-15(17-8-9-19-13-22(29-2)11-10-18(19)12-17)23(27)25-20-4-3-5-21(14-20)26-24(28)16-6-7-16/h3-5,8-16H,6-7H2,1-2H3,(H,25,27)(H,26,28)/t15-/m0/s1. The number of carbonyl (C=O) groups excluding carboxylic acids is 2. The summed E-state index contributed by atoms with van der Waals surface area (Å²) in [7, 11) is 1.65. The summed E-state index contributed by atoms with van der Waals surface area (Å²) in [5.41, 5.74) is 2.31. The van der Waals surface area contributed by atoms with Crippen LogP contribution in [0, 0.1) is 5.92 Å². The largest absolute Gasteiger partial charge is 0.497 e. The maximum Gasteiger partial charge on any atom is 0.231 e. The second-order valence-electron chi connectivity index (χ2n) is 7.53. The van der Waals surface area contributed by atoms with Crippen molar-refractivity contribution in [2.75, 3.05) is 17.7 Å². The molecule has 0 saturated heterocycles. The summed E-state index contributed by atoms with van der Waals surface area (Å²) in [4.78, 5) is 24.7. The Bertz CT molecular complexity index is 1070. The molecule has 4 rings (SSSR count). The lowest BCUT2D eigenvalue weighted by Crippen LogP contribution is -2.19. The minimum atomic E-state index is -0.314. The monoisotopic (exact) mass is 388 g/mol. The number of amides is 2. The fourth-order valence-electron chi connectivity index (χ4n) is 3.31. The van der Waals surface area contributed by atoms with Crippen LogP contribution in [0.1, 0.15) is 31.2 Å². The summed E-state index contributed by atoms with van der Waals surface area (Å²) in [5, 5.41) is 7.99. The molecular formula is C24H24N2O3. The first-order valence-electron chi connectivity index (χ1n) is 9.83. The van der Waals surface area contributed by atoms with Gasteiger partial charge in [0.25, 0.3) is 0 Å². The summed E-state index contributed by atoms with van der Waals surface area (Å²) >= 11 is 0. The van der Waals surface area contributed by atoms with Crippen molar-refractivity contribution < 1.29 is 14.3 Å². The van der Waals surface area contributed by atoms with Gasteiger partial charge < -0.3 is 15.4 Å². The first-order valence-corrected chi connectivity index (χ1v) is 9.83. The third-order valence-corrected chi connectivity index (χ3v) is 5.31. The number of methoxy groups -OCH3 is 1. The topological polar surface area (TPSA) is 67.4 Å². The highest BCUT2D eigenvalue weighted by Crippen LogP contribution is 2.31.